The molecule has 1 spiro atoms. The fraction of sp³-hybridized carbons (Fsp3) is 0.440. The minimum absolute atomic E-state index is 0.291. The Morgan fingerprint density at radius 1 is 1.19 bits per heavy atom. The Bertz CT molecular complexity index is 1330. The first-order valence-corrected chi connectivity index (χ1v) is 11.9. The molecule has 0 aromatic carbocycles. The first kappa shape index (κ1) is 25.0. The Labute approximate surface area is 211 Å². The molecule has 9 nitrogen and oxygen atoms in total. The van der Waals surface area contributed by atoms with Crippen LogP contribution in [0.1, 0.15) is 41.4 Å². The van der Waals surface area contributed by atoms with Gasteiger partial charge in [-0.15, -0.1) is 0 Å². The lowest BCUT2D eigenvalue weighted by Gasteiger charge is -2.40. The second-order valence-corrected chi connectivity index (χ2v) is 9.01. The molecule has 2 aliphatic heterocycles. The number of halogens is 3. The van der Waals surface area contributed by atoms with Gasteiger partial charge >= 0.3 is 6.18 Å². The summed E-state index contributed by atoms with van der Waals surface area (Å²) in [5.74, 6) is 0.502. The lowest BCUT2D eigenvalue weighted by molar-refractivity contribution is -0.142. The fourth-order valence-electron chi connectivity index (χ4n) is 5.07. The van der Waals surface area contributed by atoms with Crippen molar-refractivity contribution in [3.8, 4) is 22.9 Å². The standard InChI is InChI=1S/C25H26F3N5O4/c1-4-37-22-19(35-3)10-16(11-29-22)18-9-15(2)20-21(31-18)24(5-7-36-8-6-24)33(23(20)34)17-12-30-32(13-17)14-25(26,27)28/h9-13H,4-8,14H2,1-3H3. The van der Waals surface area contributed by atoms with E-state index in [9.17, 15) is 18.0 Å². The number of methoxy groups -OCH3 is 1. The minimum atomic E-state index is -4.43. The molecular weight excluding hydrogens is 491 g/mol. The molecule has 0 atom stereocenters. The van der Waals surface area contributed by atoms with Crippen LogP contribution in [0.25, 0.3) is 11.3 Å². The van der Waals surface area contributed by atoms with Gasteiger partial charge in [-0.05, 0) is 31.5 Å². The van der Waals surface area contributed by atoms with Gasteiger partial charge in [0.25, 0.3) is 11.8 Å². The van der Waals surface area contributed by atoms with Crippen molar-refractivity contribution in [1.82, 2.24) is 19.7 Å². The number of hydrogen-bond donors (Lipinski definition) is 0. The SMILES string of the molecule is CCOc1ncc(-c2cc(C)c3c(n2)C2(CCOCC2)N(c2cnn(CC(F)(F)F)c2)C3=O)cc1OC. The van der Waals surface area contributed by atoms with Gasteiger partial charge in [-0.2, -0.15) is 18.3 Å². The van der Waals surface area contributed by atoms with Crippen LogP contribution in [0.15, 0.2) is 30.7 Å². The number of pyridine rings is 2. The van der Waals surface area contributed by atoms with Gasteiger partial charge in [0.15, 0.2) is 5.75 Å². The molecular formula is C25H26F3N5O4. The predicted molar refractivity (Wildman–Crippen MR) is 127 cm³/mol. The molecule has 5 heterocycles. The summed E-state index contributed by atoms with van der Waals surface area (Å²) in [6, 6.07) is 3.58. The number of rotatable bonds is 6. The Morgan fingerprint density at radius 3 is 2.62 bits per heavy atom. The van der Waals surface area contributed by atoms with E-state index in [0.29, 0.717) is 78.1 Å². The van der Waals surface area contributed by atoms with Gasteiger partial charge in [-0.25, -0.2) is 9.97 Å². The van der Waals surface area contributed by atoms with Crippen molar-refractivity contribution in [3.05, 3.63) is 47.5 Å². The van der Waals surface area contributed by atoms with E-state index in [0.717, 1.165) is 4.68 Å². The highest BCUT2D eigenvalue weighted by atomic mass is 19.4. The van der Waals surface area contributed by atoms with Crippen LogP contribution in [0.4, 0.5) is 18.9 Å². The highest BCUT2D eigenvalue weighted by Crippen LogP contribution is 2.49. The van der Waals surface area contributed by atoms with Crippen molar-refractivity contribution in [2.75, 3.05) is 31.8 Å². The number of anilines is 1. The van der Waals surface area contributed by atoms with E-state index in [-0.39, 0.29) is 5.91 Å². The van der Waals surface area contributed by atoms with E-state index < -0.39 is 18.3 Å². The summed E-state index contributed by atoms with van der Waals surface area (Å²) in [6.07, 6.45) is 0.635. The molecule has 0 unspecified atom stereocenters. The van der Waals surface area contributed by atoms with Gasteiger partial charge in [-0.1, -0.05) is 0 Å². The van der Waals surface area contributed by atoms with Crippen LogP contribution in [-0.2, 0) is 16.8 Å². The monoisotopic (exact) mass is 517 g/mol. The average molecular weight is 518 g/mol. The summed E-state index contributed by atoms with van der Waals surface area (Å²) in [7, 11) is 1.53. The van der Waals surface area contributed by atoms with Gasteiger partial charge in [0.1, 0.15) is 6.54 Å². The number of amides is 1. The summed E-state index contributed by atoms with van der Waals surface area (Å²) in [5.41, 5.74) is 2.41. The molecule has 0 saturated carbocycles. The van der Waals surface area contributed by atoms with E-state index in [2.05, 4.69) is 10.1 Å². The molecule has 1 saturated heterocycles. The minimum Gasteiger partial charge on any atom is -0.491 e. The van der Waals surface area contributed by atoms with Crippen LogP contribution in [0, 0.1) is 6.92 Å². The zero-order chi connectivity index (χ0) is 26.4. The van der Waals surface area contributed by atoms with Gasteiger partial charge in [-0.3, -0.25) is 14.4 Å². The Kier molecular flexibility index (Phi) is 6.30. The number of nitrogens with zero attached hydrogens (tertiary/aromatic N) is 5. The zero-order valence-corrected chi connectivity index (χ0v) is 20.6. The Morgan fingerprint density at radius 2 is 1.95 bits per heavy atom. The Hall–Kier alpha value is -3.67. The summed E-state index contributed by atoms with van der Waals surface area (Å²) >= 11 is 0. The molecule has 0 radical (unpaired) electrons. The van der Waals surface area contributed by atoms with Crippen LogP contribution in [0.5, 0.6) is 11.6 Å². The maximum absolute atomic E-state index is 13.8. The molecule has 5 rings (SSSR count). The molecule has 0 N–H and O–H groups in total. The van der Waals surface area contributed by atoms with Crippen molar-refractivity contribution < 1.29 is 32.2 Å². The van der Waals surface area contributed by atoms with E-state index >= 15 is 0 Å². The number of carbonyl (C=O) groups is 1. The van der Waals surface area contributed by atoms with Crippen LogP contribution in [-0.4, -0.2) is 58.8 Å². The first-order chi connectivity index (χ1) is 17.7. The number of carbonyl (C=O) groups excluding carboxylic acids is 1. The number of fused-ring (bicyclic) bond motifs is 2. The fourth-order valence-corrected chi connectivity index (χ4v) is 5.07. The highest BCUT2D eigenvalue weighted by molar-refractivity contribution is 6.12. The Balaban J connectivity index is 1.61. The van der Waals surface area contributed by atoms with E-state index in [1.165, 1.54) is 19.5 Å². The third-order valence-corrected chi connectivity index (χ3v) is 6.66. The lowest BCUT2D eigenvalue weighted by atomic mass is 9.85. The normalized spacial score (nSPS) is 16.8. The third kappa shape index (κ3) is 4.39. The molecule has 0 bridgehead atoms. The third-order valence-electron chi connectivity index (χ3n) is 6.66. The van der Waals surface area contributed by atoms with Crippen molar-refractivity contribution in [1.29, 1.82) is 0 Å². The van der Waals surface area contributed by atoms with Gasteiger partial charge in [0.2, 0.25) is 0 Å². The predicted octanol–water partition coefficient (Wildman–Crippen LogP) is 4.28. The molecule has 1 amide bonds. The van der Waals surface area contributed by atoms with Crippen LogP contribution in [0.3, 0.4) is 0 Å². The van der Waals surface area contributed by atoms with Crippen LogP contribution >= 0.6 is 0 Å². The molecule has 3 aromatic heterocycles. The smallest absolute Gasteiger partial charge is 0.408 e. The van der Waals surface area contributed by atoms with Crippen LogP contribution in [0.2, 0.25) is 0 Å². The summed E-state index contributed by atoms with van der Waals surface area (Å²) in [6.45, 7) is 3.62. The average Bonchev–Trinajstić information content (AvgIpc) is 3.39. The van der Waals surface area contributed by atoms with Crippen molar-refractivity contribution in [2.45, 2.75) is 44.9 Å². The van der Waals surface area contributed by atoms with E-state index in [4.69, 9.17) is 19.2 Å². The molecule has 2 aliphatic rings. The quantitative estimate of drug-likeness (QED) is 0.482. The maximum Gasteiger partial charge on any atom is 0.408 e. The molecule has 3 aromatic rings. The van der Waals surface area contributed by atoms with E-state index in [1.54, 1.807) is 23.2 Å². The summed E-state index contributed by atoms with van der Waals surface area (Å²) < 4.78 is 56.2. The molecule has 196 valence electrons. The number of hydrogen-bond acceptors (Lipinski definition) is 7. The number of alkyl halides is 3. The van der Waals surface area contributed by atoms with Gasteiger partial charge in [0.05, 0.1) is 48.1 Å². The number of ether oxygens (including phenoxy) is 3. The number of aryl methyl sites for hydroxylation is 1. The zero-order valence-electron chi connectivity index (χ0n) is 20.6. The summed E-state index contributed by atoms with van der Waals surface area (Å²) in [4.78, 5) is 24.6. The molecule has 12 heteroatoms. The highest BCUT2D eigenvalue weighted by Gasteiger charge is 2.53. The van der Waals surface area contributed by atoms with Crippen LogP contribution < -0.4 is 14.4 Å². The maximum atomic E-state index is 13.8. The van der Waals surface area contributed by atoms with Gasteiger partial charge in [0, 0.05) is 44.0 Å². The second kappa shape index (κ2) is 9.33. The molecule has 37 heavy (non-hydrogen) atoms. The molecule has 0 aliphatic carbocycles. The van der Waals surface area contributed by atoms with Crippen molar-refractivity contribution in [2.24, 2.45) is 0 Å². The van der Waals surface area contributed by atoms with E-state index in [1.807, 2.05) is 13.8 Å². The summed E-state index contributed by atoms with van der Waals surface area (Å²) in [5, 5.41) is 3.87. The van der Waals surface area contributed by atoms with Gasteiger partial charge < -0.3 is 14.2 Å². The first-order valence-electron chi connectivity index (χ1n) is 11.9. The largest absolute Gasteiger partial charge is 0.491 e. The van der Waals surface area contributed by atoms with Crippen molar-refractivity contribution >= 4 is 11.6 Å². The topological polar surface area (TPSA) is 91.6 Å². The lowest BCUT2D eigenvalue weighted by Crippen LogP contribution is -2.48. The van der Waals surface area contributed by atoms with Crippen molar-refractivity contribution in [3.63, 3.8) is 0 Å². The number of aromatic nitrogens is 4. The second-order valence-electron chi connectivity index (χ2n) is 9.01. The molecule has 1 fully saturated rings.